The molecule has 0 radical (unpaired) electrons. The third kappa shape index (κ3) is 5.20. The maximum atomic E-state index is 11.8. The summed E-state index contributed by atoms with van der Waals surface area (Å²) in [6.45, 7) is 14.6. The van der Waals surface area contributed by atoms with Crippen molar-refractivity contribution in [1.29, 1.82) is 0 Å². The number of fused-ring (bicyclic) bond motifs is 1. The van der Waals surface area contributed by atoms with Crippen LogP contribution in [0.5, 0.6) is 0 Å². The van der Waals surface area contributed by atoms with Crippen molar-refractivity contribution in [3.05, 3.63) is 60.3 Å². The van der Waals surface area contributed by atoms with Crippen LogP contribution in [0.4, 0.5) is 0 Å². The van der Waals surface area contributed by atoms with Gasteiger partial charge in [0.15, 0.2) is 0 Å². The van der Waals surface area contributed by atoms with Gasteiger partial charge in [-0.1, -0.05) is 43.9 Å². The Morgan fingerprint density at radius 1 is 1.19 bits per heavy atom. The predicted octanol–water partition coefficient (Wildman–Crippen LogP) is 5.19. The molecule has 0 spiro atoms. The van der Waals surface area contributed by atoms with E-state index in [0.717, 1.165) is 37.7 Å². The van der Waals surface area contributed by atoms with Crippen LogP contribution in [0, 0.1) is 29.1 Å². The lowest BCUT2D eigenvalue weighted by Gasteiger charge is -2.44. The predicted molar refractivity (Wildman–Crippen MR) is 142 cm³/mol. The van der Waals surface area contributed by atoms with Gasteiger partial charge in [0.2, 0.25) is 0 Å². The summed E-state index contributed by atoms with van der Waals surface area (Å²) < 4.78 is 5.55. The number of carbonyl (C=O) groups is 1. The zero-order valence-corrected chi connectivity index (χ0v) is 21.8. The van der Waals surface area contributed by atoms with Gasteiger partial charge in [-0.3, -0.25) is 0 Å². The molecule has 0 amide bonds. The number of hydrogen-bond acceptors (Lipinski definition) is 5. The van der Waals surface area contributed by atoms with E-state index in [9.17, 15) is 15.0 Å². The van der Waals surface area contributed by atoms with Gasteiger partial charge in [-0.05, 0) is 92.1 Å². The normalized spacial score (nSPS) is 39.9. The first kappa shape index (κ1) is 27.1. The van der Waals surface area contributed by atoms with E-state index >= 15 is 0 Å². The topological polar surface area (TPSA) is 87.0 Å². The smallest absolute Gasteiger partial charge is 0.333 e. The van der Waals surface area contributed by atoms with Gasteiger partial charge in [0, 0.05) is 24.5 Å². The molecule has 0 aromatic carbocycles. The van der Waals surface area contributed by atoms with E-state index in [-0.39, 0.29) is 30.0 Å². The van der Waals surface area contributed by atoms with E-state index in [0.29, 0.717) is 54.6 Å². The summed E-state index contributed by atoms with van der Waals surface area (Å²) in [5, 5.41) is 30.6. The van der Waals surface area contributed by atoms with Crippen LogP contribution >= 0.6 is 0 Å². The van der Waals surface area contributed by atoms with Crippen molar-refractivity contribution in [3.8, 4) is 0 Å². The van der Waals surface area contributed by atoms with E-state index in [1.165, 1.54) is 12.0 Å². The standard InChI is InChI=1S/C31H44O5/c1-5-21(17-24-16-19(2)30(35)36-24)26-12-13-27-22(8-6-14-31(26,27)4)10-11-23-18-28(33)25(9-7-15-32)29(34)20(23)3/h5,10-11,21,24-29,32-34H,1-3,6-9,12-18H2,4H3/b22-10+,23-11-/t21-,24-,25+,26-,27+,28-,29-,31-/m1/s1. The fraction of sp³-hybridized carbons (Fsp3) is 0.645. The second-order valence-corrected chi connectivity index (χ2v) is 11.8. The third-order valence-corrected chi connectivity index (χ3v) is 9.72. The molecule has 8 atom stereocenters. The highest BCUT2D eigenvalue weighted by molar-refractivity contribution is 5.89. The van der Waals surface area contributed by atoms with Gasteiger partial charge in [0.05, 0.1) is 12.2 Å². The lowest BCUT2D eigenvalue weighted by molar-refractivity contribution is -0.139. The molecule has 0 unspecified atom stereocenters. The van der Waals surface area contributed by atoms with Gasteiger partial charge in [0.1, 0.15) is 6.10 Å². The van der Waals surface area contributed by atoms with Crippen LogP contribution in [0.2, 0.25) is 0 Å². The van der Waals surface area contributed by atoms with Gasteiger partial charge in [-0.25, -0.2) is 4.79 Å². The van der Waals surface area contributed by atoms with Crippen molar-refractivity contribution in [2.75, 3.05) is 6.61 Å². The first-order valence-electron chi connectivity index (χ1n) is 13.8. The second-order valence-electron chi connectivity index (χ2n) is 11.8. The highest BCUT2D eigenvalue weighted by Crippen LogP contribution is 2.60. The van der Waals surface area contributed by atoms with Gasteiger partial charge in [-0.2, -0.15) is 0 Å². The van der Waals surface area contributed by atoms with Crippen LogP contribution in [0.15, 0.2) is 60.3 Å². The zero-order chi connectivity index (χ0) is 26.0. The number of cyclic esters (lactones) is 1. The lowest BCUT2D eigenvalue weighted by atomic mass is 9.60. The number of hydrogen-bond donors (Lipinski definition) is 3. The fourth-order valence-electron chi connectivity index (χ4n) is 7.70. The number of ether oxygens (including phenoxy) is 1. The minimum Gasteiger partial charge on any atom is -0.459 e. The minimum absolute atomic E-state index is 0.0617. The van der Waals surface area contributed by atoms with Gasteiger partial charge < -0.3 is 20.1 Å². The highest BCUT2D eigenvalue weighted by atomic mass is 16.5. The highest BCUT2D eigenvalue weighted by Gasteiger charge is 2.51. The number of carbonyl (C=O) groups excluding carboxylic acids is 1. The SMILES string of the molecule is C=C[C@H](C[C@H]1CC(=C)C(=O)O1)[C@H]1CC[C@H]2/C(=C/C=C3/C[C@@H](O)[C@H](CCCO)[C@H](O)C3=C)CCC[C@]12C. The Morgan fingerprint density at radius 2 is 1.97 bits per heavy atom. The molecular formula is C31H44O5. The Bertz CT molecular complexity index is 929. The van der Waals surface area contributed by atoms with Gasteiger partial charge >= 0.3 is 5.97 Å². The first-order valence-corrected chi connectivity index (χ1v) is 13.8. The van der Waals surface area contributed by atoms with Crippen molar-refractivity contribution >= 4 is 5.97 Å². The van der Waals surface area contributed by atoms with Crippen LogP contribution in [0.3, 0.4) is 0 Å². The fourth-order valence-corrected chi connectivity index (χ4v) is 7.70. The quantitative estimate of drug-likeness (QED) is 0.245. The Hall–Kier alpha value is -1.95. The summed E-state index contributed by atoms with van der Waals surface area (Å²) in [5.41, 5.74) is 3.84. The number of aliphatic hydroxyl groups excluding tert-OH is 3. The molecule has 1 aliphatic heterocycles. The van der Waals surface area contributed by atoms with Crippen molar-refractivity contribution < 1.29 is 24.9 Å². The monoisotopic (exact) mass is 496 g/mol. The molecule has 5 heteroatoms. The third-order valence-electron chi connectivity index (χ3n) is 9.72. The molecule has 1 heterocycles. The molecule has 36 heavy (non-hydrogen) atoms. The summed E-state index contributed by atoms with van der Waals surface area (Å²) in [5.74, 6) is 0.787. The summed E-state index contributed by atoms with van der Waals surface area (Å²) >= 11 is 0. The molecule has 198 valence electrons. The van der Waals surface area contributed by atoms with Crippen LogP contribution in [-0.4, -0.2) is 46.2 Å². The van der Waals surface area contributed by atoms with E-state index < -0.39 is 12.2 Å². The molecular weight excluding hydrogens is 452 g/mol. The van der Waals surface area contributed by atoms with E-state index in [2.05, 4.69) is 44.9 Å². The second kappa shape index (κ2) is 11.2. The minimum atomic E-state index is -0.772. The van der Waals surface area contributed by atoms with Crippen molar-refractivity contribution in [1.82, 2.24) is 0 Å². The Morgan fingerprint density at radius 3 is 2.64 bits per heavy atom. The molecule has 0 bridgehead atoms. The molecule has 4 aliphatic rings. The Kier molecular flexibility index (Phi) is 8.43. The molecule has 4 rings (SSSR count). The summed E-state index contributed by atoms with van der Waals surface area (Å²) in [6, 6.07) is 0. The van der Waals surface area contributed by atoms with Crippen molar-refractivity contribution in [3.63, 3.8) is 0 Å². The summed E-state index contributed by atoms with van der Waals surface area (Å²) in [4.78, 5) is 11.8. The average Bonchev–Trinajstić information content (AvgIpc) is 3.36. The number of aliphatic hydroxyl groups is 3. The largest absolute Gasteiger partial charge is 0.459 e. The van der Waals surface area contributed by atoms with Crippen LogP contribution in [0.1, 0.15) is 71.1 Å². The summed E-state index contributed by atoms with van der Waals surface area (Å²) in [6.07, 6.45) is 13.7. The maximum Gasteiger partial charge on any atom is 0.333 e. The number of esters is 1. The molecule has 5 nitrogen and oxygen atoms in total. The van der Waals surface area contributed by atoms with Crippen molar-refractivity contribution in [2.45, 2.75) is 89.4 Å². The molecule has 0 aromatic rings. The number of rotatable bonds is 8. The van der Waals surface area contributed by atoms with E-state index in [4.69, 9.17) is 9.84 Å². The maximum absolute atomic E-state index is 11.8. The molecule has 3 aliphatic carbocycles. The lowest BCUT2D eigenvalue weighted by Crippen LogP contribution is -2.38. The van der Waals surface area contributed by atoms with Crippen LogP contribution in [-0.2, 0) is 9.53 Å². The van der Waals surface area contributed by atoms with Gasteiger partial charge in [-0.15, -0.1) is 6.58 Å². The molecule has 0 aromatic heterocycles. The van der Waals surface area contributed by atoms with E-state index in [1.807, 2.05) is 0 Å². The van der Waals surface area contributed by atoms with Crippen LogP contribution < -0.4 is 0 Å². The number of allylic oxidation sites excluding steroid dienone is 4. The van der Waals surface area contributed by atoms with Crippen molar-refractivity contribution in [2.24, 2.45) is 29.1 Å². The summed E-state index contributed by atoms with van der Waals surface area (Å²) in [7, 11) is 0. The van der Waals surface area contributed by atoms with Gasteiger partial charge in [0.25, 0.3) is 0 Å². The zero-order valence-electron chi connectivity index (χ0n) is 21.8. The van der Waals surface area contributed by atoms with E-state index in [1.54, 1.807) is 0 Å². The first-order chi connectivity index (χ1) is 17.2. The Labute approximate surface area is 216 Å². The average molecular weight is 497 g/mol. The Balaban J connectivity index is 1.48. The molecule has 3 saturated carbocycles. The molecule has 4 fully saturated rings. The molecule has 1 saturated heterocycles. The van der Waals surface area contributed by atoms with Crippen LogP contribution in [0.25, 0.3) is 0 Å². The molecule has 3 N–H and O–H groups in total.